The first-order valence-electron chi connectivity index (χ1n) is 5.45. The number of nitrogens with zero attached hydrogens (tertiary/aromatic N) is 3. The van der Waals surface area contributed by atoms with Crippen molar-refractivity contribution in [2.24, 2.45) is 5.73 Å². The number of carbonyl (C=O) groups is 1. The molecule has 96 valence electrons. The lowest BCUT2D eigenvalue weighted by Crippen LogP contribution is -2.19. The van der Waals surface area contributed by atoms with Crippen LogP contribution in [0.2, 0.25) is 0 Å². The van der Waals surface area contributed by atoms with E-state index in [0.717, 1.165) is 0 Å². The fourth-order valence-corrected chi connectivity index (χ4v) is 1.53. The molecule has 0 aliphatic rings. The third-order valence-electron chi connectivity index (χ3n) is 2.28. The van der Waals surface area contributed by atoms with Crippen LogP contribution in [0.15, 0.2) is 0 Å². The van der Waals surface area contributed by atoms with Gasteiger partial charge in [0.1, 0.15) is 0 Å². The van der Waals surface area contributed by atoms with Crippen molar-refractivity contribution in [2.75, 3.05) is 20.3 Å². The Balaban J connectivity index is 2.98. The van der Waals surface area contributed by atoms with Gasteiger partial charge in [-0.3, -0.25) is 0 Å². The molecule has 0 fully saturated rings. The van der Waals surface area contributed by atoms with Crippen molar-refractivity contribution < 1.29 is 14.3 Å². The van der Waals surface area contributed by atoms with Crippen LogP contribution in [-0.2, 0) is 16.0 Å². The zero-order chi connectivity index (χ0) is 12.8. The molecule has 0 bridgehead atoms. The molecule has 1 rings (SSSR count). The molecule has 2 N–H and O–H groups in total. The van der Waals surface area contributed by atoms with E-state index in [1.165, 1.54) is 0 Å². The summed E-state index contributed by atoms with van der Waals surface area (Å²) in [5.41, 5.74) is 6.36. The average molecular weight is 242 g/mol. The van der Waals surface area contributed by atoms with Crippen LogP contribution in [0.4, 0.5) is 0 Å². The lowest BCUT2D eigenvalue weighted by atomic mass is 10.3. The molecule has 0 aromatic carbocycles. The fourth-order valence-electron chi connectivity index (χ4n) is 1.53. The van der Waals surface area contributed by atoms with Gasteiger partial charge in [0.25, 0.3) is 0 Å². The molecule has 0 radical (unpaired) electrons. The molecule has 1 atom stereocenters. The highest BCUT2D eigenvalue weighted by atomic mass is 16.5. The Labute approximate surface area is 99.9 Å². The van der Waals surface area contributed by atoms with Crippen LogP contribution < -0.4 is 5.73 Å². The quantitative estimate of drug-likeness (QED) is 0.712. The van der Waals surface area contributed by atoms with Crippen molar-refractivity contribution >= 4 is 5.97 Å². The van der Waals surface area contributed by atoms with E-state index < -0.39 is 5.97 Å². The van der Waals surface area contributed by atoms with E-state index in [0.29, 0.717) is 18.9 Å². The number of methoxy groups -OCH3 is 1. The molecule has 1 aromatic rings. The number of hydrogen-bond acceptors (Lipinski definition) is 6. The Hall–Kier alpha value is -1.47. The molecule has 0 spiro atoms. The van der Waals surface area contributed by atoms with E-state index in [1.807, 2.05) is 6.92 Å². The molecular weight excluding hydrogens is 224 g/mol. The molecule has 0 aliphatic heterocycles. The summed E-state index contributed by atoms with van der Waals surface area (Å²) < 4.78 is 11.5. The smallest absolute Gasteiger partial charge is 0.360 e. The van der Waals surface area contributed by atoms with Gasteiger partial charge in [-0.25, -0.2) is 9.48 Å². The monoisotopic (exact) mass is 242 g/mol. The van der Waals surface area contributed by atoms with Crippen molar-refractivity contribution in [1.82, 2.24) is 15.0 Å². The summed E-state index contributed by atoms with van der Waals surface area (Å²) in [5.74, 6) is -0.496. The number of esters is 1. The van der Waals surface area contributed by atoms with Crippen LogP contribution >= 0.6 is 0 Å². The highest BCUT2D eigenvalue weighted by Crippen LogP contribution is 2.12. The highest BCUT2D eigenvalue weighted by molar-refractivity contribution is 5.88. The minimum absolute atomic E-state index is 0.0331. The molecule has 1 unspecified atom stereocenters. The van der Waals surface area contributed by atoms with Crippen molar-refractivity contribution in [3.63, 3.8) is 0 Å². The largest absolute Gasteiger partial charge is 0.461 e. The fraction of sp³-hybridized carbons (Fsp3) is 0.700. The van der Waals surface area contributed by atoms with Gasteiger partial charge in [0.15, 0.2) is 5.69 Å². The second-order valence-electron chi connectivity index (χ2n) is 3.56. The zero-order valence-corrected chi connectivity index (χ0v) is 10.3. The first-order chi connectivity index (χ1) is 8.15. The SMILES string of the molecule is CCOC(=O)c1nnn(C(C)COC)c1CN. The molecule has 7 heteroatoms. The molecule has 0 saturated heterocycles. The third kappa shape index (κ3) is 3.01. The number of carbonyl (C=O) groups excluding carboxylic acids is 1. The zero-order valence-electron chi connectivity index (χ0n) is 10.3. The minimum Gasteiger partial charge on any atom is -0.461 e. The minimum atomic E-state index is -0.496. The second kappa shape index (κ2) is 6.31. The number of hydrogen-bond donors (Lipinski definition) is 1. The summed E-state index contributed by atoms with van der Waals surface area (Å²) in [6.07, 6.45) is 0. The maximum Gasteiger partial charge on any atom is 0.360 e. The summed E-state index contributed by atoms with van der Waals surface area (Å²) in [7, 11) is 1.60. The maximum absolute atomic E-state index is 11.6. The predicted molar refractivity (Wildman–Crippen MR) is 60.5 cm³/mol. The maximum atomic E-state index is 11.6. The van der Waals surface area contributed by atoms with Gasteiger partial charge < -0.3 is 15.2 Å². The lowest BCUT2D eigenvalue weighted by Gasteiger charge is -2.12. The topological polar surface area (TPSA) is 92.3 Å². The summed E-state index contributed by atoms with van der Waals surface area (Å²) in [5, 5.41) is 7.73. The van der Waals surface area contributed by atoms with Crippen LogP contribution in [-0.4, -0.2) is 41.3 Å². The molecule has 1 heterocycles. The second-order valence-corrected chi connectivity index (χ2v) is 3.56. The van der Waals surface area contributed by atoms with Crippen molar-refractivity contribution in [1.29, 1.82) is 0 Å². The molecule has 7 nitrogen and oxygen atoms in total. The predicted octanol–water partition coefficient (Wildman–Crippen LogP) is 0.121. The van der Waals surface area contributed by atoms with Crippen LogP contribution in [0.3, 0.4) is 0 Å². The van der Waals surface area contributed by atoms with E-state index in [4.69, 9.17) is 15.2 Å². The number of rotatable bonds is 6. The van der Waals surface area contributed by atoms with E-state index >= 15 is 0 Å². The highest BCUT2D eigenvalue weighted by Gasteiger charge is 2.22. The van der Waals surface area contributed by atoms with Gasteiger partial charge >= 0.3 is 5.97 Å². The van der Waals surface area contributed by atoms with Crippen LogP contribution in [0, 0.1) is 0 Å². The summed E-state index contributed by atoms with van der Waals surface area (Å²) >= 11 is 0. The average Bonchev–Trinajstić information content (AvgIpc) is 2.73. The molecule has 1 aromatic heterocycles. The van der Waals surface area contributed by atoms with Gasteiger partial charge in [0, 0.05) is 13.7 Å². The number of aromatic nitrogens is 3. The number of nitrogens with two attached hydrogens (primary N) is 1. The molecular formula is C10H18N4O3. The first kappa shape index (κ1) is 13.6. The van der Waals surface area contributed by atoms with Gasteiger partial charge in [0.2, 0.25) is 0 Å². The molecule has 0 aliphatic carbocycles. The molecule has 17 heavy (non-hydrogen) atoms. The standard InChI is InChI=1S/C10H18N4O3/c1-4-17-10(15)9-8(5-11)14(13-12-9)7(2)6-16-3/h7H,4-6,11H2,1-3H3. The van der Waals surface area contributed by atoms with E-state index in [1.54, 1.807) is 18.7 Å². The number of ether oxygens (including phenoxy) is 2. The summed E-state index contributed by atoms with van der Waals surface area (Å²) in [6.45, 7) is 4.58. The van der Waals surface area contributed by atoms with E-state index in [2.05, 4.69) is 10.3 Å². The third-order valence-corrected chi connectivity index (χ3v) is 2.28. The first-order valence-corrected chi connectivity index (χ1v) is 5.45. The van der Waals surface area contributed by atoms with Gasteiger partial charge in [-0.2, -0.15) is 0 Å². The Bertz CT molecular complexity index is 378. The molecule has 0 amide bonds. The summed E-state index contributed by atoms with van der Waals surface area (Å²) in [4.78, 5) is 11.6. The summed E-state index contributed by atoms with van der Waals surface area (Å²) in [6, 6.07) is -0.0331. The Morgan fingerprint density at radius 1 is 1.59 bits per heavy atom. The molecule has 0 saturated carbocycles. The van der Waals surface area contributed by atoms with Gasteiger partial charge in [-0.1, -0.05) is 5.21 Å². The Morgan fingerprint density at radius 2 is 2.29 bits per heavy atom. The van der Waals surface area contributed by atoms with Crippen LogP contribution in [0.1, 0.15) is 36.1 Å². The van der Waals surface area contributed by atoms with E-state index in [-0.39, 0.29) is 18.3 Å². The Morgan fingerprint density at radius 3 is 2.82 bits per heavy atom. The van der Waals surface area contributed by atoms with Crippen molar-refractivity contribution in [3.05, 3.63) is 11.4 Å². The lowest BCUT2D eigenvalue weighted by molar-refractivity contribution is 0.0518. The van der Waals surface area contributed by atoms with E-state index in [9.17, 15) is 4.79 Å². The van der Waals surface area contributed by atoms with Crippen molar-refractivity contribution in [3.8, 4) is 0 Å². The van der Waals surface area contributed by atoms with Crippen LogP contribution in [0.5, 0.6) is 0 Å². The van der Waals surface area contributed by atoms with Gasteiger partial charge in [-0.15, -0.1) is 5.10 Å². The van der Waals surface area contributed by atoms with Crippen LogP contribution in [0.25, 0.3) is 0 Å². The van der Waals surface area contributed by atoms with Gasteiger partial charge in [0.05, 0.1) is 24.9 Å². The Kier molecular flexibility index (Phi) is 5.05. The van der Waals surface area contributed by atoms with Crippen molar-refractivity contribution in [2.45, 2.75) is 26.4 Å². The normalized spacial score (nSPS) is 12.5. The van der Waals surface area contributed by atoms with Gasteiger partial charge in [-0.05, 0) is 13.8 Å².